The predicted molar refractivity (Wildman–Crippen MR) is 130 cm³/mol. The van der Waals surface area contributed by atoms with E-state index in [2.05, 4.69) is 73.8 Å². The molecule has 31 heavy (non-hydrogen) atoms. The normalized spacial score (nSPS) is 25.2. The van der Waals surface area contributed by atoms with Gasteiger partial charge in [-0.25, -0.2) is 0 Å². The van der Waals surface area contributed by atoms with Gasteiger partial charge in [0.05, 0.1) is 12.6 Å². The highest BCUT2D eigenvalue weighted by molar-refractivity contribution is 5.61. The van der Waals surface area contributed by atoms with Gasteiger partial charge in [-0.05, 0) is 65.5 Å². The van der Waals surface area contributed by atoms with E-state index >= 15 is 0 Å². The summed E-state index contributed by atoms with van der Waals surface area (Å²) < 4.78 is 6.22. The van der Waals surface area contributed by atoms with Crippen molar-refractivity contribution in [2.24, 2.45) is 11.8 Å². The molecule has 2 aromatic rings. The average molecular weight is 416 g/mol. The Hall–Kier alpha value is -2.22. The van der Waals surface area contributed by atoms with Gasteiger partial charge in [0, 0.05) is 11.6 Å². The van der Waals surface area contributed by atoms with Crippen molar-refractivity contribution >= 4 is 5.69 Å². The lowest BCUT2D eigenvalue weighted by Gasteiger charge is -2.37. The lowest BCUT2D eigenvalue weighted by Crippen LogP contribution is -2.29. The highest BCUT2D eigenvalue weighted by atomic mass is 16.5. The molecular weight excluding hydrogens is 378 g/mol. The van der Waals surface area contributed by atoms with E-state index in [1.807, 2.05) is 0 Å². The molecule has 1 saturated carbocycles. The first-order valence-electron chi connectivity index (χ1n) is 12.5. The number of anilines is 1. The van der Waals surface area contributed by atoms with Crippen LogP contribution in [0.2, 0.25) is 0 Å². The van der Waals surface area contributed by atoms with Gasteiger partial charge in [-0.1, -0.05) is 82.4 Å². The van der Waals surface area contributed by atoms with Crippen LogP contribution in [0, 0.1) is 11.8 Å². The molecule has 5 rings (SSSR count). The Bertz CT molecular complexity index is 907. The van der Waals surface area contributed by atoms with Gasteiger partial charge in [-0.2, -0.15) is 0 Å². The number of nitrogens with one attached hydrogen (secondary N) is 1. The maximum atomic E-state index is 6.22. The fraction of sp³-hybridized carbons (Fsp3) is 0.517. The molecule has 3 unspecified atom stereocenters. The Labute approximate surface area is 188 Å². The molecule has 0 spiro atoms. The first-order valence-corrected chi connectivity index (χ1v) is 12.5. The van der Waals surface area contributed by atoms with E-state index in [1.165, 1.54) is 60.9 Å². The van der Waals surface area contributed by atoms with Crippen LogP contribution in [-0.4, -0.2) is 6.61 Å². The molecule has 2 aliphatic carbocycles. The summed E-state index contributed by atoms with van der Waals surface area (Å²) in [5, 5.41) is 3.87. The van der Waals surface area contributed by atoms with Crippen LogP contribution in [0.1, 0.15) is 93.4 Å². The van der Waals surface area contributed by atoms with Gasteiger partial charge >= 0.3 is 0 Å². The lowest BCUT2D eigenvalue weighted by atomic mass is 9.77. The van der Waals surface area contributed by atoms with E-state index in [0.29, 0.717) is 23.8 Å². The first-order chi connectivity index (χ1) is 15.2. The van der Waals surface area contributed by atoms with Crippen molar-refractivity contribution in [3.63, 3.8) is 0 Å². The molecule has 1 N–H and O–H groups in total. The summed E-state index contributed by atoms with van der Waals surface area (Å²) >= 11 is 0. The minimum Gasteiger partial charge on any atom is -0.494 e. The van der Waals surface area contributed by atoms with Crippen molar-refractivity contribution in [3.8, 4) is 5.75 Å². The van der Waals surface area contributed by atoms with Gasteiger partial charge in [0.1, 0.15) is 5.75 Å². The largest absolute Gasteiger partial charge is 0.494 e. The molecule has 0 aromatic heterocycles. The van der Waals surface area contributed by atoms with Gasteiger partial charge in [-0.3, -0.25) is 0 Å². The quantitative estimate of drug-likeness (QED) is 0.483. The minimum absolute atomic E-state index is 0.367. The molecule has 1 aliphatic heterocycles. The van der Waals surface area contributed by atoms with Gasteiger partial charge in [0.25, 0.3) is 0 Å². The summed E-state index contributed by atoms with van der Waals surface area (Å²) in [7, 11) is 0. The van der Waals surface area contributed by atoms with Crippen LogP contribution in [0.4, 0.5) is 5.69 Å². The van der Waals surface area contributed by atoms with Gasteiger partial charge in [0.15, 0.2) is 0 Å². The molecule has 2 heteroatoms. The van der Waals surface area contributed by atoms with E-state index in [9.17, 15) is 0 Å². The van der Waals surface area contributed by atoms with Crippen molar-refractivity contribution in [2.75, 3.05) is 11.9 Å². The van der Waals surface area contributed by atoms with Crippen LogP contribution in [0.3, 0.4) is 0 Å². The number of hydrogen-bond acceptors (Lipinski definition) is 2. The maximum Gasteiger partial charge on any atom is 0.119 e. The summed E-state index contributed by atoms with van der Waals surface area (Å²) in [5.74, 6) is 3.54. The molecular formula is C29H37NO. The van der Waals surface area contributed by atoms with Crippen molar-refractivity contribution < 1.29 is 4.74 Å². The summed E-state index contributed by atoms with van der Waals surface area (Å²) in [6.45, 7) is 5.37. The van der Waals surface area contributed by atoms with Crippen molar-refractivity contribution in [1.29, 1.82) is 0 Å². The third kappa shape index (κ3) is 4.40. The molecule has 3 aliphatic rings. The smallest absolute Gasteiger partial charge is 0.119 e. The molecule has 0 radical (unpaired) electrons. The number of benzene rings is 2. The minimum atomic E-state index is 0.367. The molecule has 0 amide bonds. The van der Waals surface area contributed by atoms with E-state index in [0.717, 1.165) is 24.7 Å². The third-order valence-electron chi connectivity index (χ3n) is 7.82. The maximum absolute atomic E-state index is 6.22. The van der Waals surface area contributed by atoms with Crippen molar-refractivity contribution in [3.05, 3.63) is 71.3 Å². The zero-order chi connectivity index (χ0) is 21.2. The monoisotopic (exact) mass is 415 g/mol. The molecule has 1 fully saturated rings. The van der Waals surface area contributed by atoms with Crippen LogP contribution in [0.25, 0.3) is 0 Å². The van der Waals surface area contributed by atoms with E-state index < -0.39 is 0 Å². The molecule has 1 heterocycles. The molecule has 0 bridgehead atoms. The summed E-state index contributed by atoms with van der Waals surface area (Å²) in [5.41, 5.74) is 5.49. The molecule has 2 nitrogen and oxygen atoms in total. The van der Waals surface area contributed by atoms with Crippen molar-refractivity contribution in [2.45, 2.75) is 76.7 Å². The molecule has 164 valence electrons. The van der Waals surface area contributed by atoms with Crippen LogP contribution in [0.5, 0.6) is 5.75 Å². The Kier molecular flexibility index (Phi) is 6.07. The predicted octanol–water partition coefficient (Wildman–Crippen LogP) is 7.99. The second kappa shape index (κ2) is 9.10. The Morgan fingerprint density at radius 3 is 2.58 bits per heavy atom. The van der Waals surface area contributed by atoms with Gasteiger partial charge < -0.3 is 10.1 Å². The molecule has 0 saturated heterocycles. The number of allylic oxidation sites excluding steroid dienone is 2. The highest BCUT2D eigenvalue weighted by Crippen LogP contribution is 2.50. The van der Waals surface area contributed by atoms with E-state index in [-0.39, 0.29) is 0 Å². The standard InChI is InChI=1S/C29H37NO/c1-20(2)22-11-13-23(14-12-22)29-26-10-6-9-25(26)27-19-24(15-16-28(27)30-29)31-18-17-21-7-4-3-5-8-21/h6,9,11-16,19-21,25-26,29-30H,3-5,7-8,10,17-18H2,1-2H3. The fourth-order valence-electron chi connectivity index (χ4n) is 5.90. The Balaban J connectivity index is 1.30. The third-order valence-corrected chi connectivity index (χ3v) is 7.82. The van der Waals surface area contributed by atoms with Crippen LogP contribution in [0.15, 0.2) is 54.6 Å². The Morgan fingerprint density at radius 2 is 1.81 bits per heavy atom. The van der Waals surface area contributed by atoms with Gasteiger partial charge in [0.2, 0.25) is 0 Å². The molecule has 2 aromatic carbocycles. The summed E-state index contributed by atoms with van der Waals surface area (Å²) in [6.07, 6.45) is 14.2. The molecule has 3 atom stereocenters. The van der Waals surface area contributed by atoms with E-state index in [4.69, 9.17) is 4.74 Å². The number of fused-ring (bicyclic) bond motifs is 3. The summed E-state index contributed by atoms with van der Waals surface area (Å²) in [4.78, 5) is 0. The number of hydrogen-bond donors (Lipinski definition) is 1. The summed E-state index contributed by atoms with van der Waals surface area (Å²) in [6, 6.07) is 16.3. The van der Waals surface area contributed by atoms with E-state index in [1.54, 1.807) is 0 Å². The highest BCUT2D eigenvalue weighted by Gasteiger charge is 2.38. The zero-order valence-corrected chi connectivity index (χ0v) is 19.1. The van der Waals surface area contributed by atoms with Crippen LogP contribution >= 0.6 is 0 Å². The average Bonchev–Trinajstić information content (AvgIpc) is 3.30. The number of ether oxygens (including phenoxy) is 1. The SMILES string of the molecule is CC(C)c1ccc(C2Nc3ccc(OCCC4CCCCC4)cc3C3C=CCC32)cc1. The van der Waals surface area contributed by atoms with Crippen molar-refractivity contribution in [1.82, 2.24) is 0 Å². The number of rotatable bonds is 6. The lowest BCUT2D eigenvalue weighted by molar-refractivity contribution is 0.246. The zero-order valence-electron chi connectivity index (χ0n) is 19.1. The first kappa shape index (κ1) is 20.7. The Morgan fingerprint density at radius 1 is 1.00 bits per heavy atom. The second-order valence-corrected chi connectivity index (χ2v) is 10.2. The fourth-order valence-corrected chi connectivity index (χ4v) is 5.90. The van der Waals surface area contributed by atoms with Crippen LogP contribution in [-0.2, 0) is 0 Å². The van der Waals surface area contributed by atoms with Gasteiger partial charge in [-0.15, -0.1) is 0 Å². The second-order valence-electron chi connectivity index (χ2n) is 10.2. The van der Waals surface area contributed by atoms with Crippen LogP contribution < -0.4 is 10.1 Å². The topological polar surface area (TPSA) is 21.3 Å².